The highest BCUT2D eigenvalue weighted by molar-refractivity contribution is 9.09. The molecular formula is C25H26BrN3O4S. The van der Waals surface area contributed by atoms with Crippen LogP contribution >= 0.6 is 27.7 Å². The lowest BCUT2D eigenvalue weighted by atomic mass is 9.70. The maximum atomic E-state index is 13.7. The van der Waals surface area contributed by atoms with E-state index in [1.807, 2.05) is 60.7 Å². The Morgan fingerprint density at radius 1 is 1.09 bits per heavy atom. The smallest absolute Gasteiger partial charge is 0.244 e. The molecule has 0 aliphatic carbocycles. The third kappa shape index (κ3) is 3.83. The van der Waals surface area contributed by atoms with Gasteiger partial charge in [-0.15, -0.1) is 11.8 Å². The first kappa shape index (κ1) is 23.4. The number of carbonyl (C=O) groups excluding carboxylic acids is 3. The highest BCUT2D eigenvalue weighted by atomic mass is 79.9. The van der Waals surface area contributed by atoms with E-state index >= 15 is 0 Å². The predicted octanol–water partition coefficient (Wildman–Crippen LogP) is 2.40. The maximum Gasteiger partial charge on any atom is 0.244 e. The molecule has 5 rings (SSSR count). The van der Waals surface area contributed by atoms with Gasteiger partial charge < -0.3 is 20.6 Å². The Hall–Kier alpha value is -2.36. The number of hydrogen-bond donors (Lipinski definition) is 3. The third-order valence-corrected chi connectivity index (χ3v) is 10.3. The number of thioether (sulfide) groups is 1. The van der Waals surface area contributed by atoms with E-state index in [-0.39, 0.29) is 41.0 Å². The van der Waals surface area contributed by atoms with Gasteiger partial charge in [0, 0.05) is 28.9 Å². The second-order valence-corrected chi connectivity index (χ2v) is 11.7. The molecule has 1 spiro atoms. The van der Waals surface area contributed by atoms with Crippen molar-refractivity contribution in [2.24, 2.45) is 11.8 Å². The Morgan fingerprint density at radius 3 is 2.44 bits per heavy atom. The van der Waals surface area contributed by atoms with Crippen molar-refractivity contribution in [1.29, 1.82) is 0 Å². The van der Waals surface area contributed by atoms with Gasteiger partial charge in [0.1, 0.15) is 6.04 Å². The van der Waals surface area contributed by atoms with Crippen molar-refractivity contribution < 1.29 is 19.5 Å². The number of nitrogens with zero attached hydrogens (tertiary/aromatic N) is 1. The Morgan fingerprint density at radius 2 is 1.76 bits per heavy atom. The number of nitrogens with one attached hydrogen (secondary N) is 2. The highest BCUT2D eigenvalue weighted by Gasteiger charge is 2.75. The van der Waals surface area contributed by atoms with Gasteiger partial charge in [0.15, 0.2) is 0 Å². The number of anilines is 1. The summed E-state index contributed by atoms with van der Waals surface area (Å²) < 4.78 is -0.718. The summed E-state index contributed by atoms with van der Waals surface area (Å²) in [5, 5.41) is 15.5. The molecule has 3 unspecified atom stereocenters. The van der Waals surface area contributed by atoms with Crippen LogP contribution in [0.3, 0.4) is 0 Å². The average molecular weight is 544 g/mol. The van der Waals surface area contributed by atoms with Gasteiger partial charge in [0.2, 0.25) is 17.7 Å². The van der Waals surface area contributed by atoms with E-state index in [2.05, 4.69) is 26.6 Å². The van der Waals surface area contributed by atoms with Crippen molar-refractivity contribution >= 4 is 51.1 Å². The van der Waals surface area contributed by atoms with E-state index in [0.717, 1.165) is 5.56 Å². The molecule has 6 atom stereocenters. The number of amides is 3. The molecule has 3 N–H and O–H groups in total. The van der Waals surface area contributed by atoms with Crippen LogP contribution in [0.1, 0.15) is 12.0 Å². The number of aliphatic hydroxyl groups is 1. The molecule has 0 radical (unpaired) electrons. The second-order valence-electron chi connectivity index (χ2n) is 8.98. The summed E-state index contributed by atoms with van der Waals surface area (Å²) in [7, 11) is 0. The zero-order valence-corrected chi connectivity index (χ0v) is 20.8. The quantitative estimate of drug-likeness (QED) is 0.466. The fourth-order valence-electron chi connectivity index (χ4n) is 5.71. The summed E-state index contributed by atoms with van der Waals surface area (Å²) in [6, 6.07) is 18.0. The maximum absolute atomic E-state index is 13.7. The van der Waals surface area contributed by atoms with Crippen LogP contribution in [0.4, 0.5) is 5.69 Å². The molecule has 2 bridgehead atoms. The number of likely N-dealkylation sites (tertiary alicyclic amines) is 1. The lowest BCUT2D eigenvalue weighted by Crippen LogP contribution is -2.54. The van der Waals surface area contributed by atoms with Gasteiger partial charge in [-0.3, -0.25) is 14.4 Å². The van der Waals surface area contributed by atoms with Crippen LogP contribution < -0.4 is 10.6 Å². The van der Waals surface area contributed by atoms with Crippen molar-refractivity contribution in [3.63, 3.8) is 0 Å². The number of β-amino-alcohol motifs (C(OH)–C–C–N with tert-alkyl or cyclic N) is 1. The molecule has 9 heteroatoms. The Kier molecular flexibility index (Phi) is 6.43. The van der Waals surface area contributed by atoms with E-state index in [0.29, 0.717) is 18.7 Å². The standard InChI is InChI=1S/C25H26BrN3O4S/c26-17-13-25-19(18(20(17)34-25)22(31)28-16-9-5-2-6-10-16)24(33)29(11-12-30)21(25)23(32)27-14-15-7-3-1-4-8-15/h1-10,17-21,30H,11-14H2,(H,27,32)(H,28,31)/t17?,18-,19-,20-,21?,25?/m0/s1. The van der Waals surface area contributed by atoms with Gasteiger partial charge in [-0.05, 0) is 24.1 Å². The molecular weight excluding hydrogens is 518 g/mol. The number of alkyl halides is 1. The van der Waals surface area contributed by atoms with Crippen LogP contribution in [0.25, 0.3) is 0 Å². The molecule has 178 valence electrons. The highest BCUT2D eigenvalue weighted by Crippen LogP contribution is 2.67. The molecule has 2 aromatic rings. The van der Waals surface area contributed by atoms with Gasteiger partial charge in [-0.2, -0.15) is 0 Å². The number of hydrogen-bond acceptors (Lipinski definition) is 5. The van der Waals surface area contributed by atoms with Gasteiger partial charge in [0.25, 0.3) is 0 Å². The van der Waals surface area contributed by atoms with Crippen LogP contribution in [-0.4, -0.2) is 61.7 Å². The Balaban J connectivity index is 1.44. The number of carbonyl (C=O) groups is 3. The van der Waals surface area contributed by atoms with Crippen LogP contribution in [0.2, 0.25) is 0 Å². The molecule has 3 amide bonds. The van der Waals surface area contributed by atoms with Gasteiger partial charge in [0.05, 0.1) is 23.2 Å². The number of halogens is 1. The van der Waals surface area contributed by atoms with E-state index in [1.54, 1.807) is 11.8 Å². The average Bonchev–Trinajstić information content (AvgIpc) is 3.43. The van der Waals surface area contributed by atoms with Gasteiger partial charge in [-0.25, -0.2) is 0 Å². The molecule has 7 nitrogen and oxygen atoms in total. The number of rotatable bonds is 7. The van der Waals surface area contributed by atoms with Crippen molar-refractivity contribution in [2.75, 3.05) is 18.5 Å². The molecule has 34 heavy (non-hydrogen) atoms. The lowest BCUT2D eigenvalue weighted by Gasteiger charge is -2.35. The van der Waals surface area contributed by atoms with Crippen molar-refractivity contribution in [2.45, 2.75) is 33.8 Å². The van der Waals surface area contributed by atoms with Crippen LogP contribution in [-0.2, 0) is 20.9 Å². The molecule has 3 saturated heterocycles. The fourth-order valence-corrected chi connectivity index (χ4v) is 9.32. The first-order valence-electron chi connectivity index (χ1n) is 11.4. The number of fused-ring (bicyclic) bond motifs is 1. The number of aliphatic hydroxyl groups excluding tert-OH is 1. The summed E-state index contributed by atoms with van der Waals surface area (Å²) in [4.78, 5) is 42.1. The minimum Gasteiger partial charge on any atom is -0.395 e. The lowest BCUT2D eigenvalue weighted by molar-refractivity contribution is -0.139. The monoisotopic (exact) mass is 543 g/mol. The zero-order valence-electron chi connectivity index (χ0n) is 18.4. The van der Waals surface area contributed by atoms with E-state index in [9.17, 15) is 19.5 Å². The molecule has 3 fully saturated rings. The first-order valence-corrected chi connectivity index (χ1v) is 13.2. The summed E-state index contributed by atoms with van der Waals surface area (Å²) in [5.41, 5.74) is 1.64. The van der Waals surface area contributed by atoms with Crippen LogP contribution in [0.15, 0.2) is 60.7 Å². The van der Waals surface area contributed by atoms with Gasteiger partial charge in [-0.1, -0.05) is 64.5 Å². The van der Waals surface area contributed by atoms with Gasteiger partial charge >= 0.3 is 0 Å². The van der Waals surface area contributed by atoms with E-state index in [1.165, 1.54) is 4.90 Å². The number of para-hydroxylation sites is 1. The first-order chi connectivity index (χ1) is 16.5. The summed E-state index contributed by atoms with van der Waals surface area (Å²) in [6.45, 7) is 0.164. The second kappa shape index (κ2) is 9.36. The summed E-state index contributed by atoms with van der Waals surface area (Å²) in [5.74, 6) is -1.85. The third-order valence-electron chi connectivity index (χ3n) is 7.03. The minimum absolute atomic E-state index is 0.00609. The summed E-state index contributed by atoms with van der Waals surface area (Å²) >= 11 is 5.32. The van der Waals surface area contributed by atoms with Crippen molar-refractivity contribution in [3.8, 4) is 0 Å². The number of benzene rings is 2. The zero-order chi connectivity index (χ0) is 23.9. The largest absolute Gasteiger partial charge is 0.395 e. The van der Waals surface area contributed by atoms with Crippen molar-refractivity contribution in [3.05, 3.63) is 66.2 Å². The molecule has 3 heterocycles. The van der Waals surface area contributed by atoms with Crippen LogP contribution in [0, 0.1) is 11.8 Å². The molecule has 3 aliphatic heterocycles. The molecule has 2 aromatic carbocycles. The Labute approximate surface area is 210 Å². The molecule has 3 aliphatic rings. The van der Waals surface area contributed by atoms with Crippen molar-refractivity contribution in [1.82, 2.24) is 10.2 Å². The normalized spacial score (nSPS) is 31.4. The summed E-state index contributed by atoms with van der Waals surface area (Å²) in [6.07, 6.45) is 0.610. The molecule has 0 saturated carbocycles. The Bertz CT molecular complexity index is 1090. The SMILES string of the molecule is O=C(NCc1ccccc1)C1N(CCO)C(=O)[C@@H]2[C@H](C(=O)Nc3ccccc3)[C@H]3SC12CC3Br. The van der Waals surface area contributed by atoms with Crippen LogP contribution in [0.5, 0.6) is 0 Å². The molecule has 0 aromatic heterocycles. The fraction of sp³-hybridized carbons (Fsp3) is 0.400. The predicted molar refractivity (Wildman–Crippen MR) is 134 cm³/mol. The van der Waals surface area contributed by atoms with E-state index in [4.69, 9.17) is 0 Å². The topological polar surface area (TPSA) is 98.7 Å². The minimum atomic E-state index is -0.745. The van der Waals surface area contributed by atoms with E-state index < -0.39 is 22.6 Å².